The number of benzene rings is 1. The summed E-state index contributed by atoms with van der Waals surface area (Å²) < 4.78 is 16.7. The minimum absolute atomic E-state index is 0.0118. The normalized spacial score (nSPS) is 26.1. The van der Waals surface area contributed by atoms with Gasteiger partial charge in [0.1, 0.15) is 12.4 Å². The van der Waals surface area contributed by atoms with E-state index in [0.717, 1.165) is 50.6 Å². The van der Waals surface area contributed by atoms with Crippen molar-refractivity contribution in [1.82, 2.24) is 4.90 Å². The molecule has 184 valence electrons. The highest BCUT2D eigenvalue weighted by Gasteiger charge is 2.41. The number of hydrogen-bond acceptors (Lipinski definition) is 6. The Balaban J connectivity index is 1.37. The molecule has 2 aliphatic rings. The molecular weight excluding hydrogens is 442 g/mol. The van der Waals surface area contributed by atoms with E-state index in [2.05, 4.69) is 24.0 Å². The van der Waals surface area contributed by atoms with Crippen LogP contribution in [-0.4, -0.2) is 73.5 Å². The first-order valence-electron chi connectivity index (χ1n) is 12.1. The lowest BCUT2D eigenvalue weighted by atomic mass is 9.92. The van der Waals surface area contributed by atoms with Crippen LogP contribution in [0.2, 0.25) is 0 Å². The summed E-state index contributed by atoms with van der Waals surface area (Å²) in [5.41, 5.74) is 2.31. The maximum Gasteiger partial charge on any atom is 0.306 e. The Kier molecular flexibility index (Phi) is 10.5. The molecule has 1 aliphatic carbocycles. The minimum Gasteiger partial charge on any atom is -0.493 e. The molecular formula is C26H38ClNO5. The van der Waals surface area contributed by atoms with Crippen molar-refractivity contribution in [3.05, 3.63) is 41.5 Å². The van der Waals surface area contributed by atoms with E-state index in [0.29, 0.717) is 32.5 Å². The van der Waals surface area contributed by atoms with E-state index < -0.39 is 6.10 Å². The van der Waals surface area contributed by atoms with Gasteiger partial charge in [0.2, 0.25) is 0 Å². The number of hydrogen-bond donors (Lipinski definition) is 1. The molecule has 1 heterocycles. The Bertz CT molecular complexity index is 780. The molecule has 3 rings (SSSR count). The van der Waals surface area contributed by atoms with E-state index in [9.17, 15) is 9.90 Å². The van der Waals surface area contributed by atoms with Gasteiger partial charge in [0.25, 0.3) is 0 Å². The summed E-state index contributed by atoms with van der Waals surface area (Å²) in [6.45, 7) is 9.04. The molecule has 33 heavy (non-hydrogen) atoms. The number of allylic oxidation sites excluding steroid dienone is 2. The topological polar surface area (TPSA) is 68.2 Å². The van der Waals surface area contributed by atoms with Gasteiger partial charge in [-0.2, -0.15) is 0 Å². The fraction of sp³-hybridized carbons (Fsp3) is 0.654. The van der Waals surface area contributed by atoms with E-state index in [1.165, 1.54) is 5.56 Å². The molecule has 1 saturated heterocycles. The van der Waals surface area contributed by atoms with E-state index in [1.807, 2.05) is 25.1 Å². The molecule has 0 radical (unpaired) electrons. The van der Waals surface area contributed by atoms with E-state index in [-0.39, 0.29) is 23.2 Å². The smallest absolute Gasteiger partial charge is 0.306 e. The van der Waals surface area contributed by atoms with Crippen molar-refractivity contribution in [2.45, 2.75) is 51.0 Å². The molecule has 1 aromatic carbocycles. The zero-order valence-corrected chi connectivity index (χ0v) is 20.6. The third-order valence-corrected chi connectivity index (χ3v) is 7.33. The first-order chi connectivity index (χ1) is 16.0. The molecule has 6 nitrogen and oxygen atoms in total. The molecule has 0 bridgehead atoms. The Morgan fingerprint density at radius 3 is 2.82 bits per heavy atom. The monoisotopic (exact) mass is 479 g/mol. The number of rotatable bonds is 11. The molecule has 1 aliphatic heterocycles. The Hall–Kier alpha value is -1.60. The van der Waals surface area contributed by atoms with Gasteiger partial charge in [0.15, 0.2) is 0 Å². The number of ether oxygens (including phenoxy) is 3. The van der Waals surface area contributed by atoms with Crippen molar-refractivity contribution >= 4 is 17.6 Å². The molecule has 7 heteroatoms. The van der Waals surface area contributed by atoms with Crippen LogP contribution in [0.25, 0.3) is 0 Å². The second kappa shape index (κ2) is 13.3. The lowest BCUT2D eigenvalue weighted by Gasteiger charge is -2.26. The summed E-state index contributed by atoms with van der Waals surface area (Å²) in [7, 11) is 0. The van der Waals surface area contributed by atoms with Crippen LogP contribution in [0.3, 0.4) is 0 Å². The zero-order valence-electron chi connectivity index (χ0n) is 19.9. The highest BCUT2D eigenvalue weighted by Crippen LogP contribution is 2.39. The number of aliphatic hydroxyl groups excluding tert-OH is 1. The Morgan fingerprint density at radius 2 is 2.03 bits per heavy atom. The number of aryl methyl sites for hydroxylation is 1. The fourth-order valence-electron chi connectivity index (χ4n) is 4.52. The predicted octanol–water partition coefficient (Wildman–Crippen LogP) is 3.89. The van der Waals surface area contributed by atoms with Crippen LogP contribution in [0.15, 0.2) is 30.4 Å². The van der Waals surface area contributed by atoms with E-state index in [4.69, 9.17) is 25.8 Å². The van der Waals surface area contributed by atoms with E-state index in [1.54, 1.807) is 0 Å². The van der Waals surface area contributed by atoms with Gasteiger partial charge in [-0.3, -0.25) is 9.69 Å². The molecule has 1 saturated carbocycles. The third kappa shape index (κ3) is 7.99. The lowest BCUT2D eigenvalue weighted by molar-refractivity contribution is -0.144. The molecule has 4 atom stereocenters. The van der Waals surface area contributed by atoms with Gasteiger partial charge in [0.05, 0.1) is 25.9 Å². The number of halogens is 1. The lowest BCUT2D eigenvalue weighted by Crippen LogP contribution is -2.38. The summed E-state index contributed by atoms with van der Waals surface area (Å²) in [6, 6.07) is 6.02. The quantitative estimate of drug-likeness (QED) is 0.295. The van der Waals surface area contributed by atoms with Gasteiger partial charge in [-0.15, -0.1) is 11.6 Å². The second-order valence-corrected chi connectivity index (χ2v) is 9.64. The largest absolute Gasteiger partial charge is 0.493 e. The maximum absolute atomic E-state index is 12.0. The summed E-state index contributed by atoms with van der Waals surface area (Å²) in [5, 5.41) is 10.4. The predicted molar refractivity (Wildman–Crippen MR) is 130 cm³/mol. The Morgan fingerprint density at radius 1 is 1.24 bits per heavy atom. The van der Waals surface area contributed by atoms with Crippen LogP contribution in [0.1, 0.15) is 36.8 Å². The van der Waals surface area contributed by atoms with Gasteiger partial charge in [-0.25, -0.2) is 0 Å². The average Bonchev–Trinajstić information content (AvgIpc) is 3.07. The average molecular weight is 480 g/mol. The molecule has 2 fully saturated rings. The summed E-state index contributed by atoms with van der Waals surface area (Å²) in [6.07, 6.45) is 5.98. The van der Waals surface area contributed by atoms with Gasteiger partial charge in [-0.1, -0.05) is 24.3 Å². The van der Waals surface area contributed by atoms with Crippen molar-refractivity contribution in [2.24, 2.45) is 11.8 Å². The molecule has 0 aromatic heterocycles. The first kappa shape index (κ1) is 26.0. The number of morpholine rings is 1. The minimum atomic E-state index is -0.461. The second-order valence-electron chi connectivity index (χ2n) is 9.08. The van der Waals surface area contributed by atoms with Gasteiger partial charge in [0, 0.05) is 37.4 Å². The molecule has 0 amide bonds. The fourth-order valence-corrected chi connectivity index (χ4v) is 4.99. The first-order valence-corrected chi connectivity index (χ1v) is 12.5. The van der Waals surface area contributed by atoms with Crippen LogP contribution >= 0.6 is 11.6 Å². The number of alkyl halides is 1. The molecule has 0 unspecified atom stereocenters. The van der Waals surface area contributed by atoms with Crippen molar-refractivity contribution in [2.75, 3.05) is 46.1 Å². The number of nitrogens with zero attached hydrogens (tertiary/aromatic N) is 1. The van der Waals surface area contributed by atoms with E-state index >= 15 is 0 Å². The van der Waals surface area contributed by atoms with Gasteiger partial charge in [-0.05, 0) is 56.2 Å². The molecule has 1 N–H and O–H groups in total. The van der Waals surface area contributed by atoms with Crippen LogP contribution in [-0.2, 0) is 14.3 Å². The SMILES string of the molecule is Cc1cccc(OC[C@@H]2[C@@H](C/C=C\CCC(=O)OCCN3CCOCC3)[C@H](Cl)C[C@H]2O)c1C. The van der Waals surface area contributed by atoms with Crippen molar-refractivity contribution in [3.8, 4) is 5.75 Å². The molecule has 0 spiro atoms. The zero-order chi connectivity index (χ0) is 23.6. The highest BCUT2D eigenvalue weighted by molar-refractivity contribution is 6.21. The molecule has 1 aromatic rings. The van der Waals surface area contributed by atoms with Crippen molar-refractivity contribution in [3.63, 3.8) is 0 Å². The van der Waals surface area contributed by atoms with Crippen molar-refractivity contribution in [1.29, 1.82) is 0 Å². The van der Waals surface area contributed by atoms with Crippen LogP contribution in [0, 0.1) is 25.7 Å². The standard InChI is InChI=1S/C26H38ClNO5/c1-19-7-6-9-25(20(19)2)33-18-22-21(23(27)17-24(22)29)8-4-3-5-10-26(30)32-16-13-28-11-14-31-15-12-28/h3-4,6-7,9,21-24,29H,5,8,10-18H2,1-2H3/b4-3-/t21-,22-,23-,24-/m1/s1. The van der Waals surface area contributed by atoms with Crippen LogP contribution < -0.4 is 4.74 Å². The van der Waals surface area contributed by atoms with Crippen LogP contribution in [0.5, 0.6) is 5.75 Å². The number of carbonyl (C=O) groups is 1. The number of aliphatic hydroxyl groups is 1. The third-order valence-electron chi connectivity index (χ3n) is 6.83. The maximum atomic E-state index is 12.0. The summed E-state index contributed by atoms with van der Waals surface area (Å²) in [5.74, 6) is 0.826. The number of esters is 1. The van der Waals surface area contributed by atoms with Gasteiger partial charge >= 0.3 is 5.97 Å². The van der Waals surface area contributed by atoms with Gasteiger partial charge < -0.3 is 19.3 Å². The highest BCUT2D eigenvalue weighted by atomic mass is 35.5. The van der Waals surface area contributed by atoms with Crippen LogP contribution in [0.4, 0.5) is 0 Å². The van der Waals surface area contributed by atoms with Crippen molar-refractivity contribution < 1.29 is 24.1 Å². The summed E-state index contributed by atoms with van der Waals surface area (Å²) in [4.78, 5) is 14.2. The Labute approximate surface area is 202 Å². The number of carbonyl (C=O) groups excluding carboxylic acids is 1. The summed E-state index contributed by atoms with van der Waals surface area (Å²) >= 11 is 6.56.